The number of halogens is 3. The maximum absolute atomic E-state index is 10.6. The second-order valence-electron chi connectivity index (χ2n) is 3.72. The van der Waals surface area contributed by atoms with Crippen LogP contribution in [0.1, 0.15) is 5.69 Å². The Bertz CT molecular complexity index is 664. The minimum absolute atomic E-state index is 0.00218. The van der Waals surface area contributed by atoms with E-state index in [0.29, 0.717) is 21.6 Å². The summed E-state index contributed by atoms with van der Waals surface area (Å²) < 4.78 is 5.43. The first-order valence-electron chi connectivity index (χ1n) is 5.35. The summed E-state index contributed by atoms with van der Waals surface area (Å²) in [6, 6.07) is 7.25. The molecule has 0 unspecified atom stereocenters. The second-order valence-corrected chi connectivity index (χ2v) is 4.92. The molecular formula is C12H7Cl3N2O3. The average Bonchev–Trinajstić information content (AvgIpc) is 2.39. The number of nitrogens with zero attached hydrogens (tertiary/aromatic N) is 2. The molecular weight excluding hydrogens is 327 g/mol. The van der Waals surface area contributed by atoms with Crippen molar-refractivity contribution in [1.29, 1.82) is 0 Å². The van der Waals surface area contributed by atoms with Crippen molar-refractivity contribution in [1.82, 2.24) is 4.98 Å². The van der Waals surface area contributed by atoms with Crippen LogP contribution in [0.25, 0.3) is 0 Å². The summed E-state index contributed by atoms with van der Waals surface area (Å²) in [5.41, 5.74) is 0.284. The first kappa shape index (κ1) is 14.8. The summed E-state index contributed by atoms with van der Waals surface area (Å²) in [6.45, 7) is 0.0769. The molecule has 1 aromatic carbocycles. The highest BCUT2D eigenvalue weighted by Gasteiger charge is 2.13. The molecule has 2 rings (SSSR count). The van der Waals surface area contributed by atoms with Crippen LogP contribution in [0.5, 0.6) is 5.75 Å². The summed E-state index contributed by atoms with van der Waals surface area (Å²) in [5.74, 6) is 0.374. The molecule has 20 heavy (non-hydrogen) atoms. The van der Waals surface area contributed by atoms with Crippen molar-refractivity contribution in [3.63, 3.8) is 0 Å². The fraction of sp³-hybridized carbons (Fsp3) is 0.0833. The molecule has 0 fully saturated rings. The lowest BCUT2D eigenvalue weighted by atomic mass is 10.3. The van der Waals surface area contributed by atoms with Crippen LogP contribution in [0.2, 0.25) is 15.2 Å². The normalized spacial score (nSPS) is 10.3. The molecule has 1 aromatic heterocycles. The lowest BCUT2D eigenvalue weighted by Gasteiger charge is -2.07. The van der Waals surface area contributed by atoms with Gasteiger partial charge in [-0.15, -0.1) is 0 Å². The molecule has 8 heteroatoms. The third-order valence-electron chi connectivity index (χ3n) is 2.38. The number of hydrogen-bond acceptors (Lipinski definition) is 4. The van der Waals surface area contributed by atoms with Gasteiger partial charge < -0.3 is 4.74 Å². The van der Waals surface area contributed by atoms with Gasteiger partial charge in [-0.2, -0.15) is 0 Å². The van der Waals surface area contributed by atoms with Gasteiger partial charge in [0.15, 0.2) is 0 Å². The summed E-state index contributed by atoms with van der Waals surface area (Å²) in [6.07, 6.45) is 0. The van der Waals surface area contributed by atoms with Crippen molar-refractivity contribution in [3.05, 3.63) is 61.3 Å². The summed E-state index contributed by atoms with van der Waals surface area (Å²) >= 11 is 17.5. The van der Waals surface area contributed by atoms with E-state index in [4.69, 9.17) is 39.5 Å². The van der Waals surface area contributed by atoms with E-state index in [1.54, 1.807) is 12.1 Å². The van der Waals surface area contributed by atoms with Crippen LogP contribution in [0.3, 0.4) is 0 Å². The minimum atomic E-state index is -0.568. The van der Waals surface area contributed by atoms with Crippen LogP contribution in [0, 0.1) is 10.1 Å². The second kappa shape index (κ2) is 6.26. The summed E-state index contributed by atoms with van der Waals surface area (Å²) in [4.78, 5) is 14.1. The van der Waals surface area contributed by atoms with E-state index in [1.165, 1.54) is 18.2 Å². The van der Waals surface area contributed by atoms with Gasteiger partial charge in [-0.25, -0.2) is 4.98 Å². The van der Waals surface area contributed by atoms with Crippen molar-refractivity contribution < 1.29 is 9.66 Å². The zero-order valence-corrected chi connectivity index (χ0v) is 12.1. The Morgan fingerprint density at radius 2 is 1.90 bits per heavy atom. The van der Waals surface area contributed by atoms with Gasteiger partial charge in [-0.3, -0.25) is 10.1 Å². The predicted molar refractivity (Wildman–Crippen MR) is 76.7 cm³/mol. The monoisotopic (exact) mass is 332 g/mol. The van der Waals surface area contributed by atoms with Gasteiger partial charge >= 0.3 is 0 Å². The van der Waals surface area contributed by atoms with E-state index in [0.717, 1.165) is 0 Å². The van der Waals surface area contributed by atoms with E-state index in [2.05, 4.69) is 4.98 Å². The third-order valence-corrected chi connectivity index (χ3v) is 3.23. The molecule has 104 valence electrons. The number of aromatic nitrogens is 1. The van der Waals surface area contributed by atoms with Crippen LogP contribution in [0.15, 0.2) is 30.3 Å². The zero-order chi connectivity index (χ0) is 14.7. The molecule has 0 bridgehead atoms. The van der Waals surface area contributed by atoms with Gasteiger partial charge in [0.25, 0.3) is 5.69 Å². The molecule has 5 nitrogen and oxygen atoms in total. The van der Waals surface area contributed by atoms with Crippen LogP contribution >= 0.6 is 34.8 Å². The standard InChI is InChI=1S/C12H7Cl3N2O3/c13-8-2-4-12(15)16-10(8)6-20-7-1-3-11(17(18)19)9(14)5-7/h1-5H,6H2. The Kier molecular flexibility index (Phi) is 4.65. The highest BCUT2D eigenvalue weighted by atomic mass is 35.5. The smallest absolute Gasteiger partial charge is 0.288 e. The number of benzene rings is 1. The number of nitro benzene ring substituents is 1. The van der Waals surface area contributed by atoms with Gasteiger partial charge in [0.2, 0.25) is 0 Å². The molecule has 0 aliphatic carbocycles. The van der Waals surface area contributed by atoms with E-state index in [9.17, 15) is 10.1 Å². The number of ether oxygens (including phenoxy) is 1. The molecule has 0 radical (unpaired) electrons. The molecule has 0 N–H and O–H groups in total. The topological polar surface area (TPSA) is 65.3 Å². The minimum Gasteiger partial charge on any atom is -0.487 e. The van der Waals surface area contributed by atoms with Gasteiger partial charge in [-0.05, 0) is 18.2 Å². The van der Waals surface area contributed by atoms with Crippen molar-refractivity contribution in [3.8, 4) is 5.75 Å². The summed E-state index contributed by atoms with van der Waals surface area (Å²) in [5, 5.41) is 11.4. The van der Waals surface area contributed by atoms with E-state index >= 15 is 0 Å². The lowest BCUT2D eigenvalue weighted by Crippen LogP contribution is -2.00. The SMILES string of the molecule is O=[N+]([O-])c1ccc(OCc2nc(Cl)ccc2Cl)cc1Cl. The van der Waals surface area contributed by atoms with E-state index in [1.807, 2.05) is 0 Å². The highest BCUT2D eigenvalue weighted by molar-refractivity contribution is 6.33. The van der Waals surface area contributed by atoms with Crippen LogP contribution in [-0.4, -0.2) is 9.91 Å². The molecule has 0 saturated heterocycles. The molecule has 0 aliphatic heterocycles. The summed E-state index contributed by atoms with van der Waals surface area (Å²) in [7, 11) is 0. The molecule has 0 saturated carbocycles. The quantitative estimate of drug-likeness (QED) is 0.468. The third kappa shape index (κ3) is 3.50. The zero-order valence-electron chi connectivity index (χ0n) is 9.85. The molecule has 0 atom stereocenters. The number of nitro groups is 1. The molecule has 0 aliphatic rings. The van der Waals surface area contributed by atoms with Crippen molar-refractivity contribution >= 4 is 40.5 Å². The fourth-order valence-electron chi connectivity index (χ4n) is 1.44. The Morgan fingerprint density at radius 3 is 2.55 bits per heavy atom. The number of rotatable bonds is 4. The van der Waals surface area contributed by atoms with Crippen LogP contribution in [0.4, 0.5) is 5.69 Å². The Morgan fingerprint density at radius 1 is 1.15 bits per heavy atom. The first-order chi connectivity index (χ1) is 9.47. The van der Waals surface area contributed by atoms with Crippen molar-refractivity contribution in [2.75, 3.05) is 0 Å². The first-order valence-corrected chi connectivity index (χ1v) is 6.48. The Balaban J connectivity index is 2.13. The highest BCUT2D eigenvalue weighted by Crippen LogP contribution is 2.29. The van der Waals surface area contributed by atoms with E-state index < -0.39 is 4.92 Å². The largest absolute Gasteiger partial charge is 0.487 e. The van der Waals surface area contributed by atoms with Gasteiger partial charge in [0.05, 0.1) is 15.6 Å². The maximum Gasteiger partial charge on any atom is 0.288 e. The Hall–Kier alpha value is -1.56. The van der Waals surface area contributed by atoms with Gasteiger partial charge in [0, 0.05) is 12.1 Å². The van der Waals surface area contributed by atoms with Crippen LogP contribution < -0.4 is 4.74 Å². The van der Waals surface area contributed by atoms with Gasteiger partial charge in [0.1, 0.15) is 22.5 Å². The maximum atomic E-state index is 10.6. The lowest BCUT2D eigenvalue weighted by molar-refractivity contribution is -0.384. The van der Waals surface area contributed by atoms with Crippen molar-refractivity contribution in [2.24, 2.45) is 0 Å². The molecule has 2 aromatic rings. The molecule has 0 spiro atoms. The van der Waals surface area contributed by atoms with E-state index in [-0.39, 0.29) is 17.3 Å². The number of hydrogen-bond donors (Lipinski definition) is 0. The Labute approximate surface area is 129 Å². The van der Waals surface area contributed by atoms with Crippen molar-refractivity contribution in [2.45, 2.75) is 6.61 Å². The average molecular weight is 334 g/mol. The fourth-order valence-corrected chi connectivity index (χ4v) is 2.00. The van der Waals surface area contributed by atoms with Crippen LogP contribution in [-0.2, 0) is 6.61 Å². The predicted octanol–water partition coefficient (Wildman–Crippen LogP) is 4.53. The molecule has 1 heterocycles. The van der Waals surface area contributed by atoms with Gasteiger partial charge in [-0.1, -0.05) is 34.8 Å². The molecule has 0 amide bonds. The number of pyridine rings is 1.